The molecule has 0 fully saturated rings. The van der Waals surface area contributed by atoms with Crippen LogP contribution in [0, 0.1) is 0 Å². The van der Waals surface area contributed by atoms with Gasteiger partial charge >= 0.3 is 0 Å². The lowest BCUT2D eigenvalue weighted by Gasteiger charge is -2.20. The van der Waals surface area contributed by atoms with Crippen molar-refractivity contribution in [3.8, 4) is 0 Å². The Morgan fingerprint density at radius 2 is 1.80 bits per heavy atom. The van der Waals surface area contributed by atoms with E-state index in [1.54, 1.807) is 36.4 Å². The zero-order valence-corrected chi connectivity index (χ0v) is 14.1. The normalized spacial score (nSPS) is 19.2. The van der Waals surface area contributed by atoms with Crippen LogP contribution >= 0.6 is 0 Å². The second kappa shape index (κ2) is 5.98. The minimum absolute atomic E-state index is 0.0820. The molecular weight excluding hydrogens is 344 g/mol. The zero-order chi connectivity index (χ0) is 18.2. The SMILES string of the molecule is CS(=O)(=O)Nc1ccccc1C(=O)C[C@]1(O)C(=O)Nc2ccccc21. The quantitative estimate of drug-likeness (QED) is 0.699. The topological polar surface area (TPSA) is 113 Å². The van der Waals surface area contributed by atoms with Crippen molar-refractivity contribution in [3.05, 3.63) is 59.7 Å². The van der Waals surface area contributed by atoms with Gasteiger partial charge in [0.2, 0.25) is 10.0 Å². The maximum absolute atomic E-state index is 12.7. The molecule has 3 N–H and O–H groups in total. The maximum Gasteiger partial charge on any atom is 0.261 e. The molecular formula is C17H16N2O5S. The lowest BCUT2D eigenvalue weighted by molar-refractivity contribution is -0.133. The van der Waals surface area contributed by atoms with Gasteiger partial charge in [0.25, 0.3) is 5.91 Å². The Morgan fingerprint density at radius 1 is 1.16 bits per heavy atom. The van der Waals surface area contributed by atoms with Gasteiger partial charge < -0.3 is 10.4 Å². The standard InChI is InChI=1S/C17H16N2O5S/c1-25(23,24)19-13-8-4-2-6-11(13)15(20)10-17(22)12-7-3-5-9-14(12)18-16(17)21/h2-9,19,22H,10H2,1H3,(H,18,21)/t17-/m1/s1. The van der Waals surface area contributed by atoms with E-state index in [9.17, 15) is 23.1 Å². The number of para-hydroxylation sites is 2. The van der Waals surface area contributed by atoms with Gasteiger partial charge in [-0.3, -0.25) is 14.3 Å². The van der Waals surface area contributed by atoms with Crippen LogP contribution in [0.15, 0.2) is 48.5 Å². The summed E-state index contributed by atoms with van der Waals surface area (Å²) in [6.45, 7) is 0. The molecule has 1 heterocycles. The molecule has 0 aliphatic carbocycles. The molecule has 0 radical (unpaired) electrons. The molecule has 0 spiro atoms. The van der Waals surface area contributed by atoms with Crippen LogP contribution in [-0.2, 0) is 20.4 Å². The van der Waals surface area contributed by atoms with Gasteiger partial charge in [-0.15, -0.1) is 0 Å². The molecule has 1 amide bonds. The zero-order valence-electron chi connectivity index (χ0n) is 13.3. The van der Waals surface area contributed by atoms with Gasteiger partial charge in [0, 0.05) is 16.8 Å². The highest BCUT2D eigenvalue weighted by Crippen LogP contribution is 2.39. The average molecular weight is 360 g/mol. The Labute approximate surface area is 144 Å². The van der Waals surface area contributed by atoms with E-state index in [-0.39, 0.29) is 11.3 Å². The van der Waals surface area contributed by atoms with E-state index in [0.29, 0.717) is 11.3 Å². The minimum atomic E-state index is -3.58. The monoisotopic (exact) mass is 360 g/mol. The number of carbonyl (C=O) groups is 2. The summed E-state index contributed by atoms with van der Waals surface area (Å²) in [5.41, 5.74) is -1.04. The third-order valence-electron chi connectivity index (χ3n) is 3.94. The van der Waals surface area contributed by atoms with Crippen LogP contribution in [-0.4, -0.2) is 31.5 Å². The van der Waals surface area contributed by atoms with Gasteiger partial charge in [-0.1, -0.05) is 30.3 Å². The average Bonchev–Trinajstić information content (AvgIpc) is 2.77. The van der Waals surface area contributed by atoms with E-state index in [1.165, 1.54) is 12.1 Å². The summed E-state index contributed by atoms with van der Waals surface area (Å²) in [6, 6.07) is 12.6. The van der Waals surface area contributed by atoms with E-state index in [0.717, 1.165) is 6.26 Å². The van der Waals surface area contributed by atoms with Gasteiger partial charge in [0.15, 0.2) is 11.4 Å². The fourth-order valence-electron chi connectivity index (χ4n) is 2.82. The first-order chi connectivity index (χ1) is 11.7. The summed E-state index contributed by atoms with van der Waals surface area (Å²) in [5.74, 6) is -1.24. The van der Waals surface area contributed by atoms with Crippen molar-refractivity contribution in [3.63, 3.8) is 0 Å². The minimum Gasteiger partial charge on any atom is -0.375 e. The van der Waals surface area contributed by atoms with Crippen molar-refractivity contribution in [2.75, 3.05) is 16.3 Å². The number of nitrogens with one attached hydrogen (secondary N) is 2. The van der Waals surface area contributed by atoms with Gasteiger partial charge in [0.05, 0.1) is 18.4 Å². The molecule has 2 aromatic carbocycles. The first-order valence-electron chi connectivity index (χ1n) is 7.44. The van der Waals surface area contributed by atoms with E-state index < -0.39 is 33.7 Å². The number of ketones is 1. The molecule has 1 aliphatic rings. The van der Waals surface area contributed by atoms with E-state index >= 15 is 0 Å². The van der Waals surface area contributed by atoms with Crippen LogP contribution < -0.4 is 10.0 Å². The van der Waals surface area contributed by atoms with Gasteiger partial charge in [-0.05, 0) is 18.2 Å². The number of hydrogen-bond donors (Lipinski definition) is 3. The molecule has 0 saturated carbocycles. The fraction of sp³-hybridized carbons (Fsp3) is 0.176. The number of benzene rings is 2. The number of fused-ring (bicyclic) bond motifs is 1. The number of sulfonamides is 1. The van der Waals surface area contributed by atoms with E-state index in [2.05, 4.69) is 10.0 Å². The van der Waals surface area contributed by atoms with Gasteiger partial charge in [0.1, 0.15) is 0 Å². The van der Waals surface area contributed by atoms with Crippen molar-refractivity contribution in [2.45, 2.75) is 12.0 Å². The van der Waals surface area contributed by atoms with Gasteiger partial charge in [-0.2, -0.15) is 0 Å². The number of Topliss-reactive ketones (excluding diaryl/α,β-unsaturated/α-hetero) is 1. The number of rotatable bonds is 5. The summed E-state index contributed by atoms with van der Waals surface area (Å²) in [7, 11) is -3.58. The predicted molar refractivity (Wildman–Crippen MR) is 92.8 cm³/mol. The molecule has 7 nitrogen and oxygen atoms in total. The lowest BCUT2D eigenvalue weighted by atomic mass is 9.88. The summed E-state index contributed by atoms with van der Waals surface area (Å²) in [6.07, 6.45) is 0.473. The van der Waals surface area contributed by atoms with E-state index in [4.69, 9.17) is 0 Å². The van der Waals surface area contributed by atoms with Crippen molar-refractivity contribution < 1.29 is 23.1 Å². The van der Waals surface area contributed by atoms with Crippen molar-refractivity contribution in [2.24, 2.45) is 0 Å². The Morgan fingerprint density at radius 3 is 2.52 bits per heavy atom. The molecule has 1 atom stereocenters. The Hall–Kier alpha value is -2.71. The molecule has 0 saturated heterocycles. The molecule has 3 rings (SSSR count). The van der Waals surface area contributed by atoms with Crippen LogP contribution in [0.5, 0.6) is 0 Å². The molecule has 0 aromatic heterocycles. The number of aliphatic hydroxyl groups is 1. The summed E-state index contributed by atoms with van der Waals surface area (Å²) >= 11 is 0. The third-order valence-corrected chi connectivity index (χ3v) is 4.53. The number of hydrogen-bond acceptors (Lipinski definition) is 5. The van der Waals surface area contributed by atoms with Crippen LogP contribution in [0.4, 0.5) is 11.4 Å². The molecule has 0 unspecified atom stereocenters. The smallest absolute Gasteiger partial charge is 0.261 e. The van der Waals surface area contributed by atoms with Crippen LogP contribution in [0.2, 0.25) is 0 Å². The second-order valence-corrected chi connectivity index (χ2v) is 7.63. The summed E-state index contributed by atoms with van der Waals surface area (Å²) in [4.78, 5) is 24.9. The first kappa shape index (κ1) is 17.1. The molecule has 130 valence electrons. The Balaban J connectivity index is 1.95. The maximum atomic E-state index is 12.7. The molecule has 0 bridgehead atoms. The molecule has 8 heteroatoms. The van der Waals surface area contributed by atoms with Crippen LogP contribution in [0.3, 0.4) is 0 Å². The highest BCUT2D eigenvalue weighted by molar-refractivity contribution is 7.92. The van der Waals surface area contributed by atoms with Crippen LogP contribution in [0.1, 0.15) is 22.3 Å². The Kier molecular flexibility index (Phi) is 4.09. The molecule has 1 aliphatic heterocycles. The van der Waals surface area contributed by atoms with Crippen molar-refractivity contribution in [1.82, 2.24) is 0 Å². The van der Waals surface area contributed by atoms with E-state index in [1.807, 2.05) is 0 Å². The largest absolute Gasteiger partial charge is 0.375 e. The number of amides is 1. The number of anilines is 2. The fourth-order valence-corrected chi connectivity index (χ4v) is 3.40. The highest BCUT2D eigenvalue weighted by atomic mass is 32.2. The first-order valence-corrected chi connectivity index (χ1v) is 9.33. The van der Waals surface area contributed by atoms with Crippen LogP contribution in [0.25, 0.3) is 0 Å². The Bertz CT molecular complexity index is 971. The highest BCUT2D eigenvalue weighted by Gasteiger charge is 2.46. The number of carbonyl (C=O) groups excluding carboxylic acids is 2. The third kappa shape index (κ3) is 3.26. The summed E-state index contributed by atoms with van der Waals surface area (Å²) < 4.78 is 25.2. The molecule has 2 aromatic rings. The summed E-state index contributed by atoms with van der Waals surface area (Å²) in [5, 5.41) is 13.3. The van der Waals surface area contributed by atoms with Crippen molar-refractivity contribution in [1.29, 1.82) is 0 Å². The van der Waals surface area contributed by atoms with Gasteiger partial charge in [-0.25, -0.2) is 8.42 Å². The molecule has 25 heavy (non-hydrogen) atoms. The van der Waals surface area contributed by atoms with Crippen molar-refractivity contribution >= 4 is 33.1 Å². The lowest BCUT2D eigenvalue weighted by Crippen LogP contribution is -2.36. The predicted octanol–water partition coefficient (Wildman–Crippen LogP) is 1.47. The second-order valence-electron chi connectivity index (χ2n) is 5.88.